The monoisotopic (exact) mass is 285 g/mol. The number of rotatable bonds is 5. The Labute approximate surface area is 124 Å². The summed E-state index contributed by atoms with van der Waals surface area (Å²) in [5, 5.41) is 8.10. The topological polar surface area (TPSA) is 37.0 Å². The van der Waals surface area contributed by atoms with E-state index < -0.39 is 0 Å². The van der Waals surface area contributed by atoms with Gasteiger partial charge in [0.1, 0.15) is 17.2 Å². The zero-order valence-corrected chi connectivity index (χ0v) is 12.7. The molecule has 110 valence electrons. The second-order valence-electron chi connectivity index (χ2n) is 5.12. The first-order valence-corrected chi connectivity index (χ1v) is 7.12. The van der Waals surface area contributed by atoms with Gasteiger partial charge in [-0.05, 0) is 43.9 Å². The Hall–Kier alpha value is -2.16. The van der Waals surface area contributed by atoms with Crippen LogP contribution in [-0.4, -0.2) is 6.21 Å². The molecule has 1 aromatic carbocycles. The van der Waals surface area contributed by atoms with Crippen molar-refractivity contribution in [1.82, 2.24) is 0 Å². The van der Waals surface area contributed by atoms with Gasteiger partial charge >= 0.3 is 0 Å². The fraction of sp³-hybridized carbons (Fsp3) is 0.278. The van der Waals surface area contributed by atoms with E-state index >= 15 is 0 Å². The maximum Gasteiger partial charge on any atom is 0.137 e. The van der Waals surface area contributed by atoms with Gasteiger partial charge in [-0.3, -0.25) is 0 Å². The van der Waals surface area contributed by atoms with Gasteiger partial charge in [-0.15, -0.1) is 0 Å². The molecule has 0 radical (unpaired) electrons. The Morgan fingerprint density at radius 3 is 2.81 bits per heavy atom. The summed E-state index contributed by atoms with van der Waals surface area (Å²) in [6.07, 6.45) is 8.64. The summed E-state index contributed by atoms with van der Waals surface area (Å²) in [6, 6.07) is 3.30. The molecule has 0 aliphatic carbocycles. The molecular weight excluding hydrogens is 265 g/mol. The lowest BCUT2D eigenvalue weighted by Gasteiger charge is -2.01. The number of nitrogens with one attached hydrogen (secondary N) is 1. The molecule has 2 nitrogen and oxygen atoms in total. The zero-order valence-electron chi connectivity index (χ0n) is 12.7. The van der Waals surface area contributed by atoms with E-state index in [2.05, 4.69) is 13.0 Å². The van der Waals surface area contributed by atoms with Crippen LogP contribution in [0.15, 0.2) is 34.3 Å². The minimum Gasteiger partial charge on any atom is -0.461 e. The van der Waals surface area contributed by atoms with Crippen molar-refractivity contribution < 1.29 is 8.81 Å². The number of hydrogen-bond donors (Lipinski definition) is 1. The largest absolute Gasteiger partial charge is 0.461 e. The third-order valence-electron chi connectivity index (χ3n) is 3.47. The molecule has 0 fully saturated rings. The fourth-order valence-electron chi connectivity index (χ4n) is 2.23. The number of halogens is 1. The standard InChI is InChI=1S/C18H20FNO/c1-4-5-6-15-13(3)21-18-10-17(19)14(9-16(15)18)8-7-12(2)11-20/h5-7,9-11,20H,4,8H2,1-3H3/b6-5-,12-7-,20-11?. The van der Waals surface area contributed by atoms with Crippen molar-refractivity contribution in [3.05, 3.63) is 52.6 Å². The number of furan rings is 1. The molecule has 0 amide bonds. The van der Waals surface area contributed by atoms with Crippen LogP contribution in [0.25, 0.3) is 17.0 Å². The lowest BCUT2D eigenvalue weighted by Crippen LogP contribution is -1.90. The third kappa shape index (κ3) is 3.30. The number of allylic oxidation sites excluding steroid dienone is 3. The van der Waals surface area contributed by atoms with Crippen LogP contribution in [0.3, 0.4) is 0 Å². The second-order valence-corrected chi connectivity index (χ2v) is 5.12. The number of benzene rings is 1. The summed E-state index contributed by atoms with van der Waals surface area (Å²) in [6.45, 7) is 5.80. The SMILES string of the molecule is CC/C=C\c1c(C)oc2cc(F)c(C/C=C(/C)C=N)cc12. The minimum atomic E-state index is -0.267. The highest BCUT2D eigenvalue weighted by molar-refractivity contribution is 5.89. The number of aryl methyl sites for hydroxylation is 1. The van der Waals surface area contributed by atoms with Crippen LogP contribution < -0.4 is 0 Å². The molecule has 2 aromatic rings. The van der Waals surface area contributed by atoms with Gasteiger partial charge in [0.2, 0.25) is 0 Å². The smallest absolute Gasteiger partial charge is 0.137 e. The molecule has 0 unspecified atom stereocenters. The van der Waals surface area contributed by atoms with E-state index in [0.29, 0.717) is 17.6 Å². The molecule has 0 spiro atoms. The van der Waals surface area contributed by atoms with Crippen LogP contribution in [0.1, 0.15) is 37.2 Å². The molecule has 0 saturated carbocycles. The lowest BCUT2D eigenvalue weighted by molar-refractivity contribution is 0.568. The van der Waals surface area contributed by atoms with Gasteiger partial charge in [0.15, 0.2) is 0 Å². The quantitative estimate of drug-likeness (QED) is 0.729. The fourth-order valence-corrected chi connectivity index (χ4v) is 2.23. The molecule has 1 heterocycles. The first kappa shape index (κ1) is 15.2. The maximum absolute atomic E-state index is 14.1. The van der Waals surface area contributed by atoms with E-state index in [1.807, 2.05) is 32.1 Å². The van der Waals surface area contributed by atoms with Crippen LogP contribution >= 0.6 is 0 Å². The molecule has 1 N–H and O–H groups in total. The summed E-state index contributed by atoms with van der Waals surface area (Å²) in [5.74, 6) is 0.536. The molecule has 0 aliphatic rings. The zero-order chi connectivity index (χ0) is 15.4. The van der Waals surface area contributed by atoms with E-state index in [0.717, 1.165) is 28.7 Å². The maximum atomic E-state index is 14.1. The van der Waals surface area contributed by atoms with Crippen molar-refractivity contribution in [2.45, 2.75) is 33.6 Å². The van der Waals surface area contributed by atoms with E-state index in [9.17, 15) is 4.39 Å². The molecule has 3 heteroatoms. The highest BCUT2D eigenvalue weighted by atomic mass is 19.1. The Morgan fingerprint density at radius 1 is 1.38 bits per heavy atom. The molecule has 0 saturated heterocycles. The summed E-state index contributed by atoms with van der Waals surface area (Å²) in [5.41, 5.74) is 3.04. The Balaban J connectivity index is 2.51. The molecular formula is C18H20FNO. The van der Waals surface area contributed by atoms with Crippen LogP contribution in [-0.2, 0) is 6.42 Å². The van der Waals surface area contributed by atoms with Gasteiger partial charge in [-0.1, -0.05) is 25.2 Å². The molecule has 2 rings (SSSR count). The van der Waals surface area contributed by atoms with Crippen LogP contribution in [0.4, 0.5) is 4.39 Å². The van der Waals surface area contributed by atoms with Gasteiger partial charge in [0, 0.05) is 23.2 Å². The average molecular weight is 285 g/mol. The van der Waals surface area contributed by atoms with Gasteiger partial charge in [0.05, 0.1) is 0 Å². The molecule has 21 heavy (non-hydrogen) atoms. The van der Waals surface area contributed by atoms with E-state index in [1.54, 1.807) is 0 Å². The Kier molecular flexibility index (Phi) is 4.73. The van der Waals surface area contributed by atoms with Crippen molar-refractivity contribution >= 4 is 23.3 Å². The van der Waals surface area contributed by atoms with E-state index in [-0.39, 0.29) is 5.82 Å². The highest BCUT2D eigenvalue weighted by Gasteiger charge is 2.12. The van der Waals surface area contributed by atoms with Crippen molar-refractivity contribution in [1.29, 1.82) is 5.41 Å². The van der Waals surface area contributed by atoms with Crippen LogP contribution in [0, 0.1) is 18.2 Å². The average Bonchev–Trinajstić information content (AvgIpc) is 2.76. The van der Waals surface area contributed by atoms with Crippen molar-refractivity contribution in [3.63, 3.8) is 0 Å². The van der Waals surface area contributed by atoms with Gasteiger partial charge < -0.3 is 9.83 Å². The van der Waals surface area contributed by atoms with Crippen molar-refractivity contribution in [3.8, 4) is 0 Å². The van der Waals surface area contributed by atoms with Crippen LogP contribution in [0.5, 0.6) is 0 Å². The first-order chi connectivity index (χ1) is 10.1. The number of fused-ring (bicyclic) bond motifs is 1. The lowest BCUT2D eigenvalue weighted by atomic mass is 10.0. The van der Waals surface area contributed by atoms with Gasteiger partial charge in [0.25, 0.3) is 0 Å². The summed E-state index contributed by atoms with van der Waals surface area (Å²) in [7, 11) is 0. The normalized spacial score (nSPS) is 12.5. The molecule has 1 aromatic heterocycles. The Bertz CT molecular complexity index is 722. The van der Waals surface area contributed by atoms with Gasteiger partial charge in [-0.2, -0.15) is 0 Å². The van der Waals surface area contributed by atoms with Crippen molar-refractivity contribution in [2.24, 2.45) is 0 Å². The predicted molar refractivity (Wildman–Crippen MR) is 86.5 cm³/mol. The third-order valence-corrected chi connectivity index (χ3v) is 3.47. The number of hydrogen-bond acceptors (Lipinski definition) is 2. The van der Waals surface area contributed by atoms with E-state index in [4.69, 9.17) is 9.83 Å². The Morgan fingerprint density at radius 2 is 2.14 bits per heavy atom. The highest BCUT2D eigenvalue weighted by Crippen LogP contribution is 2.29. The molecule has 0 atom stereocenters. The van der Waals surface area contributed by atoms with Crippen LogP contribution in [0.2, 0.25) is 0 Å². The summed E-state index contributed by atoms with van der Waals surface area (Å²) >= 11 is 0. The van der Waals surface area contributed by atoms with Gasteiger partial charge in [-0.25, -0.2) is 4.39 Å². The summed E-state index contributed by atoms with van der Waals surface area (Å²) < 4.78 is 19.7. The minimum absolute atomic E-state index is 0.267. The summed E-state index contributed by atoms with van der Waals surface area (Å²) in [4.78, 5) is 0. The molecule has 0 bridgehead atoms. The van der Waals surface area contributed by atoms with E-state index in [1.165, 1.54) is 12.3 Å². The molecule has 0 aliphatic heterocycles. The second kappa shape index (κ2) is 6.53. The predicted octanol–water partition coefficient (Wildman–Crippen LogP) is 5.44. The first-order valence-electron chi connectivity index (χ1n) is 7.12. The van der Waals surface area contributed by atoms with Crippen molar-refractivity contribution in [2.75, 3.05) is 0 Å².